The standard InChI is InChI=1S/C15H14ClN3O2S/c1-3-14-18-22(20,21)13-5-4-8-17-15(13)19(14)11-7-6-10(2)12(16)9-11/h4-9H,3H2,1-2H3. The molecule has 0 aliphatic carbocycles. The maximum atomic E-state index is 12.3. The summed E-state index contributed by atoms with van der Waals surface area (Å²) in [5, 5.41) is 0.610. The van der Waals surface area contributed by atoms with Gasteiger partial charge in [-0.2, -0.15) is 8.42 Å². The van der Waals surface area contributed by atoms with E-state index in [-0.39, 0.29) is 4.90 Å². The van der Waals surface area contributed by atoms with E-state index in [0.717, 1.165) is 11.3 Å². The molecule has 2 heterocycles. The number of hydrogen-bond acceptors (Lipinski definition) is 4. The Morgan fingerprint density at radius 3 is 2.73 bits per heavy atom. The van der Waals surface area contributed by atoms with E-state index >= 15 is 0 Å². The Morgan fingerprint density at radius 2 is 2.05 bits per heavy atom. The molecule has 0 fully saturated rings. The molecule has 5 nitrogen and oxygen atoms in total. The fourth-order valence-corrected chi connectivity index (χ4v) is 3.70. The summed E-state index contributed by atoms with van der Waals surface area (Å²) in [6.45, 7) is 3.76. The fourth-order valence-electron chi connectivity index (χ4n) is 2.32. The Labute approximate surface area is 134 Å². The highest BCUT2D eigenvalue weighted by molar-refractivity contribution is 7.90. The average Bonchev–Trinajstić information content (AvgIpc) is 2.50. The van der Waals surface area contributed by atoms with Gasteiger partial charge in [0.15, 0.2) is 5.82 Å². The van der Waals surface area contributed by atoms with Gasteiger partial charge in [0, 0.05) is 17.6 Å². The van der Waals surface area contributed by atoms with Crippen molar-refractivity contribution in [1.29, 1.82) is 0 Å². The molecular formula is C15H14ClN3O2S. The number of rotatable bonds is 2. The Morgan fingerprint density at radius 1 is 1.27 bits per heavy atom. The molecule has 3 rings (SSSR count). The Kier molecular flexibility index (Phi) is 3.66. The number of pyridine rings is 1. The molecule has 1 aliphatic rings. The number of fused-ring (bicyclic) bond motifs is 1. The molecule has 1 aromatic carbocycles. The van der Waals surface area contributed by atoms with Crippen molar-refractivity contribution in [2.45, 2.75) is 25.2 Å². The molecule has 0 atom stereocenters. The zero-order valence-electron chi connectivity index (χ0n) is 12.1. The number of benzene rings is 1. The van der Waals surface area contributed by atoms with Gasteiger partial charge in [-0.1, -0.05) is 24.6 Å². The van der Waals surface area contributed by atoms with Gasteiger partial charge in [-0.25, -0.2) is 4.98 Å². The summed E-state index contributed by atoms with van der Waals surface area (Å²) in [6.07, 6.45) is 2.02. The third-order valence-corrected chi connectivity index (χ3v) is 5.19. The van der Waals surface area contributed by atoms with Gasteiger partial charge in [0.25, 0.3) is 10.0 Å². The highest BCUT2D eigenvalue weighted by atomic mass is 35.5. The number of sulfonamides is 1. The average molecular weight is 336 g/mol. The van der Waals surface area contributed by atoms with Crippen LogP contribution in [-0.2, 0) is 10.0 Å². The van der Waals surface area contributed by atoms with E-state index in [0.29, 0.717) is 23.1 Å². The summed E-state index contributed by atoms with van der Waals surface area (Å²) in [7, 11) is -3.71. The first-order valence-electron chi connectivity index (χ1n) is 6.79. The third-order valence-electron chi connectivity index (χ3n) is 3.45. The van der Waals surface area contributed by atoms with E-state index in [1.54, 1.807) is 23.2 Å². The van der Waals surface area contributed by atoms with Crippen molar-refractivity contribution >= 4 is 39.0 Å². The predicted molar refractivity (Wildman–Crippen MR) is 87.5 cm³/mol. The SMILES string of the molecule is CCC1=NS(=O)(=O)c2cccnc2N1c1ccc(C)c(Cl)c1. The molecule has 0 saturated heterocycles. The number of nitrogens with zero attached hydrogens (tertiary/aromatic N) is 3. The van der Waals surface area contributed by atoms with E-state index in [1.165, 1.54) is 6.07 Å². The van der Waals surface area contributed by atoms with Gasteiger partial charge < -0.3 is 0 Å². The van der Waals surface area contributed by atoms with Crippen molar-refractivity contribution in [2.75, 3.05) is 4.90 Å². The molecular weight excluding hydrogens is 322 g/mol. The second-order valence-electron chi connectivity index (χ2n) is 4.93. The number of amidine groups is 1. The normalized spacial score (nSPS) is 16.1. The lowest BCUT2D eigenvalue weighted by Crippen LogP contribution is -2.32. The molecule has 0 N–H and O–H groups in total. The van der Waals surface area contributed by atoms with Crippen LogP contribution in [0.4, 0.5) is 11.5 Å². The lowest BCUT2D eigenvalue weighted by molar-refractivity contribution is 0.596. The minimum atomic E-state index is -3.71. The number of aromatic nitrogens is 1. The summed E-state index contributed by atoms with van der Waals surface area (Å²) < 4.78 is 28.4. The summed E-state index contributed by atoms with van der Waals surface area (Å²) in [6, 6.07) is 8.65. The molecule has 0 spiro atoms. The van der Waals surface area contributed by atoms with Crippen molar-refractivity contribution in [2.24, 2.45) is 4.40 Å². The zero-order valence-corrected chi connectivity index (χ0v) is 13.7. The van der Waals surface area contributed by atoms with Gasteiger partial charge in [-0.15, -0.1) is 4.40 Å². The van der Waals surface area contributed by atoms with Crippen LogP contribution in [-0.4, -0.2) is 19.2 Å². The van der Waals surface area contributed by atoms with Crippen LogP contribution in [0, 0.1) is 6.92 Å². The van der Waals surface area contributed by atoms with Crippen molar-refractivity contribution in [3.8, 4) is 0 Å². The van der Waals surface area contributed by atoms with Crippen LogP contribution in [0.15, 0.2) is 45.8 Å². The lowest BCUT2D eigenvalue weighted by atomic mass is 10.2. The molecule has 0 unspecified atom stereocenters. The molecule has 22 heavy (non-hydrogen) atoms. The Bertz CT molecular complexity index is 878. The first-order chi connectivity index (χ1) is 10.4. The zero-order chi connectivity index (χ0) is 15.9. The Hall–Kier alpha value is -1.92. The molecule has 1 aliphatic heterocycles. The molecule has 114 valence electrons. The maximum Gasteiger partial charge on any atom is 0.287 e. The van der Waals surface area contributed by atoms with Crippen molar-refractivity contribution < 1.29 is 8.42 Å². The topological polar surface area (TPSA) is 62.6 Å². The lowest BCUT2D eigenvalue weighted by Gasteiger charge is -2.29. The van der Waals surface area contributed by atoms with Crippen LogP contribution in [0.25, 0.3) is 0 Å². The van der Waals surface area contributed by atoms with Gasteiger partial charge in [0.05, 0.1) is 5.69 Å². The number of anilines is 2. The number of halogens is 1. The fraction of sp³-hybridized carbons (Fsp3) is 0.200. The summed E-state index contributed by atoms with van der Waals surface area (Å²) in [4.78, 5) is 6.08. The smallest absolute Gasteiger partial charge is 0.281 e. The van der Waals surface area contributed by atoms with E-state index in [9.17, 15) is 8.42 Å². The quantitative estimate of drug-likeness (QED) is 0.839. The molecule has 0 amide bonds. The van der Waals surface area contributed by atoms with Crippen LogP contribution >= 0.6 is 11.6 Å². The first-order valence-corrected chi connectivity index (χ1v) is 8.61. The highest BCUT2D eigenvalue weighted by Crippen LogP contribution is 2.36. The van der Waals surface area contributed by atoms with Gasteiger partial charge in [-0.3, -0.25) is 4.90 Å². The molecule has 0 bridgehead atoms. The van der Waals surface area contributed by atoms with Gasteiger partial charge in [0.1, 0.15) is 10.7 Å². The van der Waals surface area contributed by atoms with Crippen molar-refractivity contribution in [1.82, 2.24) is 4.98 Å². The predicted octanol–water partition coefficient (Wildman–Crippen LogP) is 3.69. The van der Waals surface area contributed by atoms with E-state index in [4.69, 9.17) is 11.6 Å². The van der Waals surface area contributed by atoms with E-state index < -0.39 is 10.0 Å². The van der Waals surface area contributed by atoms with E-state index in [1.807, 2.05) is 26.0 Å². The van der Waals surface area contributed by atoms with Crippen LogP contribution in [0.2, 0.25) is 5.02 Å². The second-order valence-corrected chi connectivity index (χ2v) is 6.91. The third kappa shape index (κ3) is 2.38. The second kappa shape index (κ2) is 5.37. The summed E-state index contributed by atoms with van der Waals surface area (Å²) in [5.74, 6) is 0.778. The van der Waals surface area contributed by atoms with E-state index in [2.05, 4.69) is 9.38 Å². The Balaban J connectivity index is 2.27. The maximum absolute atomic E-state index is 12.3. The monoisotopic (exact) mass is 335 g/mol. The summed E-state index contributed by atoms with van der Waals surface area (Å²) in [5.41, 5.74) is 1.69. The number of hydrogen-bond donors (Lipinski definition) is 0. The van der Waals surface area contributed by atoms with Crippen molar-refractivity contribution in [3.05, 3.63) is 47.1 Å². The molecule has 7 heteroatoms. The molecule has 1 aromatic heterocycles. The van der Waals surface area contributed by atoms with Crippen LogP contribution in [0.1, 0.15) is 18.9 Å². The minimum absolute atomic E-state index is 0.101. The largest absolute Gasteiger partial charge is 0.287 e. The highest BCUT2D eigenvalue weighted by Gasteiger charge is 2.32. The first kappa shape index (κ1) is 15.0. The van der Waals surface area contributed by atoms with Gasteiger partial charge in [0.2, 0.25) is 0 Å². The molecule has 0 saturated carbocycles. The molecule has 0 radical (unpaired) electrons. The van der Waals surface area contributed by atoms with Crippen molar-refractivity contribution in [3.63, 3.8) is 0 Å². The summed E-state index contributed by atoms with van der Waals surface area (Å²) >= 11 is 6.20. The van der Waals surface area contributed by atoms with Crippen LogP contribution in [0.5, 0.6) is 0 Å². The molecule has 2 aromatic rings. The van der Waals surface area contributed by atoms with Crippen LogP contribution < -0.4 is 4.90 Å². The minimum Gasteiger partial charge on any atom is -0.281 e. The number of aryl methyl sites for hydroxylation is 1. The van der Waals surface area contributed by atoms with Gasteiger partial charge >= 0.3 is 0 Å². The van der Waals surface area contributed by atoms with Crippen LogP contribution in [0.3, 0.4) is 0 Å². The van der Waals surface area contributed by atoms with Gasteiger partial charge in [-0.05, 0) is 36.8 Å².